The van der Waals surface area contributed by atoms with E-state index in [1.54, 1.807) is 6.20 Å². The van der Waals surface area contributed by atoms with Crippen molar-refractivity contribution in [3.8, 4) is 0 Å². The van der Waals surface area contributed by atoms with Crippen LogP contribution in [0, 0.1) is 5.41 Å². The Labute approximate surface area is 139 Å². The van der Waals surface area contributed by atoms with Crippen LogP contribution in [0.1, 0.15) is 64.0 Å². The molecule has 0 atom stereocenters. The first-order valence-electron chi connectivity index (χ1n) is 9.33. The van der Waals surface area contributed by atoms with Crippen LogP contribution in [0.4, 0.5) is 0 Å². The highest BCUT2D eigenvalue weighted by Crippen LogP contribution is 2.42. The number of aliphatic imine (C=N–C) groups is 1. The van der Waals surface area contributed by atoms with Crippen LogP contribution in [0.5, 0.6) is 0 Å². The molecule has 0 bridgehead atoms. The summed E-state index contributed by atoms with van der Waals surface area (Å²) in [4.78, 5) is 7.35. The fourth-order valence-electron chi connectivity index (χ4n) is 4.23. The lowest BCUT2D eigenvalue weighted by molar-refractivity contribution is 0.115. The molecule has 1 aliphatic heterocycles. The molecule has 2 N–H and O–H groups in total. The molecule has 2 aliphatic rings. The van der Waals surface area contributed by atoms with Gasteiger partial charge in [0.05, 0.1) is 12.2 Å². The number of guanidine groups is 1. The second-order valence-corrected chi connectivity index (χ2v) is 7.19. The standard InChI is InChI=1S/C18H31N5/c1-2-19-17(20-14-16-8-12-21-22-16)23-13-7-11-18(15-23)9-5-3-4-6-10-18/h8,12H,2-7,9-11,13-15H2,1H3,(H,19,20)(H,21,22). The van der Waals surface area contributed by atoms with Crippen molar-refractivity contribution in [1.82, 2.24) is 20.4 Å². The van der Waals surface area contributed by atoms with Gasteiger partial charge in [-0.05, 0) is 44.1 Å². The summed E-state index contributed by atoms with van der Waals surface area (Å²) in [5.41, 5.74) is 1.61. The number of H-pyrrole nitrogens is 1. The van der Waals surface area contributed by atoms with Gasteiger partial charge in [0.2, 0.25) is 0 Å². The Kier molecular flexibility index (Phi) is 5.57. The highest BCUT2D eigenvalue weighted by Gasteiger charge is 2.36. The Morgan fingerprint density at radius 1 is 1.26 bits per heavy atom. The van der Waals surface area contributed by atoms with Crippen molar-refractivity contribution in [2.24, 2.45) is 10.4 Å². The van der Waals surface area contributed by atoms with Crippen LogP contribution in [0.25, 0.3) is 0 Å². The lowest BCUT2D eigenvalue weighted by atomic mass is 9.74. The van der Waals surface area contributed by atoms with Crippen LogP contribution < -0.4 is 5.32 Å². The minimum absolute atomic E-state index is 0.541. The molecule has 1 aromatic rings. The fraction of sp³-hybridized carbons (Fsp3) is 0.778. The van der Waals surface area contributed by atoms with E-state index in [9.17, 15) is 0 Å². The van der Waals surface area contributed by atoms with Crippen molar-refractivity contribution in [3.63, 3.8) is 0 Å². The summed E-state index contributed by atoms with van der Waals surface area (Å²) in [6, 6.07) is 2.00. The van der Waals surface area contributed by atoms with Crippen LogP contribution in [0.15, 0.2) is 17.3 Å². The lowest BCUT2D eigenvalue weighted by Crippen LogP contribution is -2.50. The maximum absolute atomic E-state index is 4.84. The maximum Gasteiger partial charge on any atom is 0.194 e. The normalized spacial score (nSPS) is 22.1. The molecule has 5 nitrogen and oxygen atoms in total. The highest BCUT2D eigenvalue weighted by atomic mass is 15.3. The predicted molar refractivity (Wildman–Crippen MR) is 94.3 cm³/mol. The Balaban J connectivity index is 1.69. The van der Waals surface area contributed by atoms with Crippen molar-refractivity contribution >= 4 is 5.96 Å². The van der Waals surface area contributed by atoms with Crippen molar-refractivity contribution in [3.05, 3.63) is 18.0 Å². The molecule has 1 saturated carbocycles. The molecular formula is C18H31N5. The van der Waals surface area contributed by atoms with Gasteiger partial charge in [0, 0.05) is 25.8 Å². The second-order valence-electron chi connectivity index (χ2n) is 7.19. The zero-order valence-corrected chi connectivity index (χ0v) is 14.5. The Bertz CT molecular complexity index is 486. The molecule has 128 valence electrons. The first kappa shape index (κ1) is 16.3. The zero-order valence-electron chi connectivity index (χ0n) is 14.5. The molecule has 0 radical (unpaired) electrons. The van der Waals surface area contributed by atoms with E-state index in [1.807, 2.05) is 6.07 Å². The highest BCUT2D eigenvalue weighted by molar-refractivity contribution is 5.80. The van der Waals surface area contributed by atoms with Gasteiger partial charge in [-0.1, -0.05) is 25.7 Å². The topological polar surface area (TPSA) is 56.3 Å². The minimum atomic E-state index is 0.541. The summed E-state index contributed by atoms with van der Waals surface area (Å²) in [5, 5.41) is 10.5. The Morgan fingerprint density at radius 3 is 2.74 bits per heavy atom. The van der Waals surface area contributed by atoms with Crippen LogP contribution in [0.2, 0.25) is 0 Å². The molecule has 2 fully saturated rings. The number of nitrogens with zero attached hydrogens (tertiary/aromatic N) is 3. The van der Waals surface area contributed by atoms with E-state index in [2.05, 4.69) is 27.3 Å². The van der Waals surface area contributed by atoms with Gasteiger partial charge in [0.15, 0.2) is 5.96 Å². The number of piperidine rings is 1. The number of nitrogens with one attached hydrogen (secondary N) is 2. The molecule has 0 aromatic carbocycles. The van der Waals surface area contributed by atoms with Crippen molar-refractivity contribution in [1.29, 1.82) is 0 Å². The third kappa shape index (κ3) is 4.27. The van der Waals surface area contributed by atoms with Crippen LogP contribution in [-0.2, 0) is 6.54 Å². The number of aromatic nitrogens is 2. The van der Waals surface area contributed by atoms with Gasteiger partial charge < -0.3 is 10.2 Å². The number of hydrogen-bond acceptors (Lipinski definition) is 2. The van der Waals surface area contributed by atoms with Crippen LogP contribution >= 0.6 is 0 Å². The average Bonchev–Trinajstić information content (AvgIpc) is 2.99. The summed E-state index contributed by atoms with van der Waals surface area (Å²) in [7, 11) is 0. The lowest BCUT2D eigenvalue weighted by Gasteiger charge is -2.44. The van der Waals surface area contributed by atoms with Gasteiger partial charge in [0.25, 0.3) is 0 Å². The Morgan fingerprint density at radius 2 is 2.04 bits per heavy atom. The smallest absolute Gasteiger partial charge is 0.194 e. The average molecular weight is 317 g/mol. The molecule has 1 saturated heterocycles. The number of likely N-dealkylation sites (tertiary alicyclic amines) is 1. The summed E-state index contributed by atoms with van der Waals surface area (Å²) in [5.74, 6) is 1.07. The molecule has 1 aromatic heterocycles. The van der Waals surface area contributed by atoms with Crippen LogP contribution in [0.3, 0.4) is 0 Å². The summed E-state index contributed by atoms with van der Waals surface area (Å²) in [6.07, 6.45) is 13.0. The molecule has 5 heteroatoms. The predicted octanol–water partition coefficient (Wildman–Crippen LogP) is 3.31. The minimum Gasteiger partial charge on any atom is -0.357 e. The van der Waals surface area contributed by atoms with E-state index in [1.165, 1.54) is 57.9 Å². The largest absolute Gasteiger partial charge is 0.357 e. The van der Waals surface area contributed by atoms with E-state index < -0.39 is 0 Å². The molecule has 1 aliphatic carbocycles. The van der Waals surface area contributed by atoms with Gasteiger partial charge in [0.1, 0.15) is 0 Å². The summed E-state index contributed by atoms with van der Waals surface area (Å²) < 4.78 is 0. The van der Waals surface area contributed by atoms with Gasteiger partial charge in [-0.2, -0.15) is 5.10 Å². The van der Waals surface area contributed by atoms with Crippen molar-refractivity contribution in [2.45, 2.75) is 64.8 Å². The van der Waals surface area contributed by atoms with Gasteiger partial charge in [-0.3, -0.25) is 5.10 Å². The number of rotatable bonds is 3. The molecule has 23 heavy (non-hydrogen) atoms. The van der Waals surface area contributed by atoms with E-state index in [-0.39, 0.29) is 0 Å². The molecule has 2 heterocycles. The molecule has 0 amide bonds. The first-order chi connectivity index (χ1) is 11.3. The van der Waals surface area contributed by atoms with E-state index in [0.29, 0.717) is 12.0 Å². The van der Waals surface area contributed by atoms with Gasteiger partial charge in [-0.25, -0.2) is 4.99 Å². The molecule has 3 rings (SSSR count). The molecule has 1 spiro atoms. The second kappa shape index (κ2) is 7.84. The third-order valence-electron chi connectivity index (χ3n) is 5.42. The molecular weight excluding hydrogens is 286 g/mol. The summed E-state index contributed by atoms with van der Waals surface area (Å²) >= 11 is 0. The maximum atomic E-state index is 4.84. The van der Waals surface area contributed by atoms with E-state index in [0.717, 1.165) is 24.7 Å². The van der Waals surface area contributed by atoms with Gasteiger partial charge in [-0.15, -0.1) is 0 Å². The van der Waals surface area contributed by atoms with Crippen LogP contribution in [-0.4, -0.2) is 40.7 Å². The monoisotopic (exact) mass is 317 g/mol. The first-order valence-corrected chi connectivity index (χ1v) is 9.33. The zero-order chi connectivity index (χ0) is 16.0. The number of aromatic amines is 1. The summed E-state index contributed by atoms with van der Waals surface area (Å²) in [6.45, 7) is 6.06. The third-order valence-corrected chi connectivity index (χ3v) is 5.42. The fourth-order valence-corrected chi connectivity index (χ4v) is 4.23. The van der Waals surface area contributed by atoms with E-state index >= 15 is 0 Å². The van der Waals surface area contributed by atoms with Crippen molar-refractivity contribution < 1.29 is 0 Å². The quantitative estimate of drug-likeness (QED) is 0.664. The SMILES string of the molecule is CCNC(=NCc1ccn[nH]1)N1CCCC2(CCCCCC2)C1. The van der Waals surface area contributed by atoms with Gasteiger partial charge >= 0.3 is 0 Å². The van der Waals surface area contributed by atoms with Crippen molar-refractivity contribution in [2.75, 3.05) is 19.6 Å². The number of hydrogen-bond donors (Lipinski definition) is 2. The molecule has 0 unspecified atom stereocenters. The van der Waals surface area contributed by atoms with E-state index in [4.69, 9.17) is 4.99 Å². The Hall–Kier alpha value is -1.52.